The third kappa shape index (κ3) is 5.60. The Balaban J connectivity index is 1.34. The second-order valence-electron chi connectivity index (χ2n) is 7.28. The van der Waals surface area contributed by atoms with Crippen molar-refractivity contribution in [1.82, 2.24) is 15.6 Å². The van der Waals surface area contributed by atoms with Gasteiger partial charge in [0.25, 0.3) is 5.91 Å². The molecule has 0 fully saturated rings. The molecule has 0 spiro atoms. The highest BCUT2D eigenvalue weighted by molar-refractivity contribution is 5.94. The van der Waals surface area contributed by atoms with Gasteiger partial charge in [0, 0.05) is 5.56 Å². The summed E-state index contributed by atoms with van der Waals surface area (Å²) in [5.74, 6) is 1.54. The average Bonchev–Trinajstić information content (AvgIpc) is 3.39. The Morgan fingerprint density at radius 2 is 1.74 bits per heavy atom. The molecule has 1 amide bonds. The number of H-pyrrole nitrogens is 1. The van der Waals surface area contributed by atoms with E-state index in [2.05, 4.69) is 20.7 Å². The summed E-state index contributed by atoms with van der Waals surface area (Å²) in [4.78, 5) is 12.4. The number of hydrogen-bond donors (Lipinski definition) is 2. The predicted molar refractivity (Wildman–Crippen MR) is 129 cm³/mol. The topological polar surface area (TPSA) is 97.8 Å². The summed E-state index contributed by atoms with van der Waals surface area (Å²) in [6.45, 7) is 0.497. The summed E-state index contributed by atoms with van der Waals surface area (Å²) in [5, 5.41) is 11.0. The van der Waals surface area contributed by atoms with E-state index in [9.17, 15) is 4.79 Å². The van der Waals surface area contributed by atoms with Crippen molar-refractivity contribution in [3.63, 3.8) is 0 Å². The van der Waals surface area contributed by atoms with Crippen LogP contribution in [0.4, 0.5) is 0 Å². The summed E-state index contributed by atoms with van der Waals surface area (Å²) < 4.78 is 16.3. The summed E-state index contributed by atoms with van der Waals surface area (Å²) >= 11 is 0. The molecule has 0 atom stereocenters. The number of hydrazone groups is 1. The number of nitrogens with zero attached hydrogens (tertiary/aromatic N) is 2. The number of benzene rings is 3. The molecule has 0 radical (unpaired) electrons. The summed E-state index contributed by atoms with van der Waals surface area (Å²) in [6.07, 6.45) is 1.52. The lowest BCUT2D eigenvalue weighted by molar-refractivity contribution is 0.0950. The zero-order valence-corrected chi connectivity index (χ0v) is 18.8. The van der Waals surface area contributed by atoms with Gasteiger partial charge in [-0.3, -0.25) is 9.89 Å². The maximum absolute atomic E-state index is 12.4. The van der Waals surface area contributed by atoms with E-state index in [0.29, 0.717) is 29.5 Å². The quantitative estimate of drug-likeness (QED) is 0.287. The van der Waals surface area contributed by atoms with Crippen LogP contribution in [0.15, 0.2) is 84.0 Å². The van der Waals surface area contributed by atoms with Crippen molar-refractivity contribution >= 4 is 12.1 Å². The minimum atomic E-state index is -0.404. The Labute approximate surface area is 197 Å². The number of ether oxygens (including phenoxy) is 3. The average molecular weight is 457 g/mol. The number of nitrogens with one attached hydrogen (secondary N) is 2. The van der Waals surface area contributed by atoms with Gasteiger partial charge in [0.2, 0.25) is 0 Å². The molecule has 4 aromatic rings. The molecule has 0 aliphatic rings. The van der Waals surface area contributed by atoms with Crippen LogP contribution in [0.1, 0.15) is 21.6 Å². The lowest BCUT2D eigenvalue weighted by Gasteiger charge is -2.07. The minimum absolute atomic E-state index is 0.295. The first-order chi connectivity index (χ1) is 16.7. The van der Waals surface area contributed by atoms with Crippen molar-refractivity contribution in [2.75, 3.05) is 14.2 Å². The number of aromatic amines is 1. The highest BCUT2D eigenvalue weighted by Gasteiger charge is 2.11. The van der Waals surface area contributed by atoms with Crippen molar-refractivity contribution in [3.05, 3.63) is 95.7 Å². The molecule has 172 valence electrons. The maximum Gasteiger partial charge on any atom is 0.289 e. The fraction of sp³-hybridized carbons (Fsp3) is 0.115. The van der Waals surface area contributed by atoms with E-state index in [4.69, 9.17) is 14.2 Å². The van der Waals surface area contributed by atoms with E-state index in [1.54, 1.807) is 38.5 Å². The Bertz CT molecular complexity index is 1270. The van der Waals surface area contributed by atoms with Crippen molar-refractivity contribution in [2.45, 2.75) is 6.61 Å². The standard InChI is InChI=1S/C26H24N4O4/c1-32-24-13-8-19(14-25(24)33-2)16-27-30-26(31)23-15-22(28-29-23)20-9-11-21(12-10-20)34-17-18-6-4-3-5-7-18/h3-16H,17H2,1-2H3,(H,28,29)(H,30,31)/b27-16-. The number of hydrogen-bond acceptors (Lipinski definition) is 6. The fourth-order valence-corrected chi connectivity index (χ4v) is 3.21. The van der Waals surface area contributed by atoms with Crippen LogP contribution in [0.5, 0.6) is 17.2 Å². The van der Waals surface area contributed by atoms with Crippen LogP contribution in [0.2, 0.25) is 0 Å². The van der Waals surface area contributed by atoms with E-state index in [-0.39, 0.29) is 0 Å². The maximum atomic E-state index is 12.4. The van der Waals surface area contributed by atoms with E-state index in [1.165, 1.54) is 6.21 Å². The zero-order chi connectivity index (χ0) is 23.8. The minimum Gasteiger partial charge on any atom is -0.493 e. The zero-order valence-electron chi connectivity index (χ0n) is 18.8. The smallest absolute Gasteiger partial charge is 0.289 e. The SMILES string of the molecule is COc1ccc(/C=N\NC(=O)c2cc(-c3ccc(OCc4ccccc4)cc3)n[nH]2)cc1OC. The number of methoxy groups -OCH3 is 2. The summed E-state index contributed by atoms with van der Waals surface area (Å²) in [7, 11) is 3.13. The molecule has 1 aromatic heterocycles. The molecule has 0 saturated carbocycles. The van der Waals surface area contributed by atoms with Crippen molar-refractivity contribution in [2.24, 2.45) is 5.10 Å². The second-order valence-corrected chi connectivity index (χ2v) is 7.28. The largest absolute Gasteiger partial charge is 0.493 e. The molecule has 0 aliphatic heterocycles. The van der Waals surface area contributed by atoms with E-state index < -0.39 is 5.91 Å². The molecule has 2 N–H and O–H groups in total. The Hall–Kier alpha value is -4.59. The van der Waals surface area contributed by atoms with Crippen LogP contribution in [0, 0.1) is 0 Å². The van der Waals surface area contributed by atoms with Gasteiger partial charge >= 0.3 is 0 Å². The predicted octanol–water partition coefficient (Wildman–Crippen LogP) is 4.44. The Morgan fingerprint density at radius 1 is 0.971 bits per heavy atom. The van der Waals surface area contributed by atoms with Crippen LogP contribution in [-0.2, 0) is 6.61 Å². The summed E-state index contributed by atoms with van der Waals surface area (Å²) in [5.41, 5.74) is 6.13. The number of amides is 1. The van der Waals surface area contributed by atoms with E-state index in [0.717, 1.165) is 22.4 Å². The fourth-order valence-electron chi connectivity index (χ4n) is 3.21. The third-order valence-electron chi connectivity index (χ3n) is 5.01. The van der Waals surface area contributed by atoms with Crippen LogP contribution >= 0.6 is 0 Å². The number of carbonyl (C=O) groups excluding carboxylic acids is 1. The molecular formula is C26H24N4O4. The number of rotatable bonds is 9. The van der Waals surface area contributed by atoms with Gasteiger partial charge < -0.3 is 14.2 Å². The van der Waals surface area contributed by atoms with Crippen LogP contribution < -0.4 is 19.6 Å². The molecule has 3 aromatic carbocycles. The Morgan fingerprint density at radius 3 is 2.47 bits per heavy atom. The summed E-state index contributed by atoms with van der Waals surface area (Å²) in [6, 6.07) is 24.5. The van der Waals surface area contributed by atoms with Gasteiger partial charge in [-0.1, -0.05) is 30.3 Å². The molecule has 4 rings (SSSR count). The number of carbonyl (C=O) groups is 1. The monoisotopic (exact) mass is 456 g/mol. The molecule has 1 heterocycles. The van der Waals surface area contributed by atoms with E-state index >= 15 is 0 Å². The van der Waals surface area contributed by atoms with Crippen LogP contribution in [0.3, 0.4) is 0 Å². The van der Waals surface area contributed by atoms with Gasteiger partial charge in [-0.25, -0.2) is 5.43 Å². The highest BCUT2D eigenvalue weighted by Crippen LogP contribution is 2.27. The van der Waals surface area contributed by atoms with Crippen LogP contribution in [0.25, 0.3) is 11.3 Å². The highest BCUT2D eigenvalue weighted by atomic mass is 16.5. The number of aromatic nitrogens is 2. The van der Waals surface area contributed by atoms with Crippen molar-refractivity contribution in [1.29, 1.82) is 0 Å². The van der Waals surface area contributed by atoms with Gasteiger partial charge in [-0.2, -0.15) is 10.2 Å². The molecule has 0 bridgehead atoms. The van der Waals surface area contributed by atoms with Crippen molar-refractivity contribution < 1.29 is 19.0 Å². The second kappa shape index (κ2) is 10.8. The van der Waals surface area contributed by atoms with E-state index in [1.807, 2.05) is 54.6 Å². The van der Waals surface area contributed by atoms with Gasteiger partial charge in [0.05, 0.1) is 26.1 Å². The van der Waals surface area contributed by atoms with Gasteiger partial charge in [-0.15, -0.1) is 0 Å². The van der Waals surface area contributed by atoms with Gasteiger partial charge in [-0.05, 0) is 59.7 Å². The molecule has 0 aliphatic carbocycles. The normalized spacial score (nSPS) is 10.8. The lowest BCUT2D eigenvalue weighted by Crippen LogP contribution is -2.18. The molecule has 0 saturated heterocycles. The van der Waals surface area contributed by atoms with Gasteiger partial charge in [0.1, 0.15) is 18.1 Å². The third-order valence-corrected chi connectivity index (χ3v) is 5.01. The molecule has 8 heteroatoms. The first-order valence-corrected chi connectivity index (χ1v) is 10.5. The Kier molecular flexibility index (Phi) is 7.19. The molecule has 34 heavy (non-hydrogen) atoms. The molecular weight excluding hydrogens is 432 g/mol. The molecule has 8 nitrogen and oxygen atoms in total. The van der Waals surface area contributed by atoms with Gasteiger partial charge in [0.15, 0.2) is 11.5 Å². The first kappa shape index (κ1) is 22.6. The van der Waals surface area contributed by atoms with Crippen LogP contribution in [-0.4, -0.2) is 36.5 Å². The lowest BCUT2D eigenvalue weighted by atomic mass is 10.1. The molecule has 0 unspecified atom stereocenters. The first-order valence-electron chi connectivity index (χ1n) is 10.5. The van der Waals surface area contributed by atoms with Crippen molar-refractivity contribution in [3.8, 4) is 28.5 Å².